The molecule has 0 bridgehead atoms. The van der Waals surface area contributed by atoms with Crippen LogP contribution in [0.2, 0.25) is 0 Å². The molecule has 2 aliphatic rings. The zero-order valence-corrected chi connectivity index (χ0v) is 6.73. The first-order valence-electron chi connectivity index (χ1n) is 3.66. The number of nitrogens with zero attached hydrogens (tertiary/aromatic N) is 1. The second-order valence-corrected chi connectivity index (χ2v) is 3.32. The number of carbonyl (C=O) groups is 1. The molecule has 1 aliphatic heterocycles. The van der Waals surface area contributed by atoms with Crippen molar-refractivity contribution < 1.29 is 4.79 Å². The lowest BCUT2D eigenvalue weighted by atomic mass is 10.0. The number of amides is 1. The minimum Gasteiger partial charge on any atom is -0.301 e. The number of thiocarbonyl (C=S) groups is 1. The van der Waals surface area contributed by atoms with Gasteiger partial charge in [0, 0.05) is 6.21 Å². The van der Waals surface area contributed by atoms with Crippen LogP contribution >= 0.6 is 12.2 Å². The lowest BCUT2D eigenvalue weighted by molar-refractivity contribution is -0.122. The molecule has 0 saturated heterocycles. The Labute approximate surface area is 69.9 Å². The Balaban J connectivity index is 2.15. The zero-order valence-electron chi connectivity index (χ0n) is 5.91. The van der Waals surface area contributed by atoms with Gasteiger partial charge in [-0.15, -0.1) is 0 Å². The summed E-state index contributed by atoms with van der Waals surface area (Å²) in [6.07, 6.45) is 3.98. The Kier molecular flexibility index (Phi) is 1.49. The molecule has 1 unspecified atom stereocenters. The molecule has 1 heterocycles. The van der Waals surface area contributed by atoms with E-state index in [1.165, 1.54) is 0 Å². The van der Waals surface area contributed by atoms with Crippen LogP contribution in [-0.4, -0.2) is 17.2 Å². The van der Waals surface area contributed by atoms with E-state index in [4.69, 9.17) is 12.2 Å². The first kappa shape index (κ1) is 6.91. The van der Waals surface area contributed by atoms with Gasteiger partial charge in [0.15, 0.2) is 5.11 Å². The number of carbonyl (C=O) groups excluding carboxylic acids is 1. The van der Waals surface area contributed by atoms with E-state index in [0.717, 1.165) is 12.8 Å². The Bertz CT molecular complexity index is 245. The number of nitrogens with one attached hydrogen (secondary N) is 1. The molecule has 0 aromatic rings. The van der Waals surface area contributed by atoms with Crippen molar-refractivity contribution in [3.63, 3.8) is 0 Å². The van der Waals surface area contributed by atoms with E-state index in [0.29, 0.717) is 11.0 Å². The van der Waals surface area contributed by atoms with E-state index in [9.17, 15) is 4.79 Å². The third-order valence-electron chi connectivity index (χ3n) is 2.02. The van der Waals surface area contributed by atoms with E-state index in [1.807, 2.05) is 0 Å². The summed E-state index contributed by atoms with van der Waals surface area (Å²) >= 11 is 4.71. The van der Waals surface area contributed by atoms with Gasteiger partial charge in [0.25, 0.3) is 0 Å². The third-order valence-corrected chi connectivity index (χ3v) is 2.22. The van der Waals surface area contributed by atoms with Crippen molar-refractivity contribution in [1.29, 1.82) is 0 Å². The Morgan fingerprint density at radius 1 is 1.64 bits per heavy atom. The molecular formula is C7H8N2OS. The van der Waals surface area contributed by atoms with Crippen LogP contribution < -0.4 is 5.32 Å². The number of hydrogen-bond donors (Lipinski definition) is 1. The largest absolute Gasteiger partial charge is 0.301 e. The molecule has 0 spiro atoms. The molecule has 2 rings (SSSR count). The summed E-state index contributed by atoms with van der Waals surface area (Å²) in [5.74, 6) is 0.538. The molecule has 1 saturated carbocycles. The lowest BCUT2D eigenvalue weighted by Crippen LogP contribution is -2.39. The second kappa shape index (κ2) is 2.37. The van der Waals surface area contributed by atoms with Crippen molar-refractivity contribution in [2.75, 3.05) is 0 Å². The smallest absolute Gasteiger partial charge is 0.234 e. The average molecular weight is 168 g/mol. The topological polar surface area (TPSA) is 41.5 Å². The molecule has 1 atom stereocenters. The predicted octanol–water partition coefficient (Wildman–Crippen LogP) is 0.498. The van der Waals surface area contributed by atoms with Gasteiger partial charge in [-0.05, 0) is 31.0 Å². The van der Waals surface area contributed by atoms with Gasteiger partial charge in [0.2, 0.25) is 5.91 Å². The summed E-state index contributed by atoms with van der Waals surface area (Å²) in [5.41, 5.74) is 0. The highest BCUT2D eigenvalue weighted by atomic mass is 32.1. The molecular weight excluding hydrogens is 160 g/mol. The van der Waals surface area contributed by atoms with Gasteiger partial charge in [-0.2, -0.15) is 0 Å². The van der Waals surface area contributed by atoms with E-state index in [-0.39, 0.29) is 11.8 Å². The minimum atomic E-state index is -0.0123. The van der Waals surface area contributed by atoms with Gasteiger partial charge in [-0.1, -0.05) is 0 Å². The van der Waals surface area contributed by atoms with Crippen LogP contribution in [0.1, 0.15) is 12.8 Å². The van der Waals surface area contributed by atoms with E-state index in [2.05, 4.69) is 10.3 Å². The normalized spacial score (nSPS) is 30.4. The van der Waals surface area contributed by atoms with Gasteiger partial charge < -0.3 is 5.32 Å². The van der Waals surface area contributed by atoms with Gasteiger partial charge in [-0.25, -0.2) is 4.99 Å². The highest BCUT2D eigenvalue weighted by molar-refractivity contribution is 7.80. The van der Waals surface area contributed by atoms with Crippen molar-refractivity contribution in [1.82, 2.24) is 5.32 Å². The number of hydrogen-bond acceptors (Lipinski definition) is 2. The van der Waals surface area contributed by atoms with Crippen LogP contribution in [-0.2, 0) is 4.79 Å². The average Bonchev–Trinajstić information content (AvgIpc) is 2.70. The maximum absolute atomic E-state index is 11.2. The summed E-state index contributed by atoms with van der Waals surface area (Å²) in [5, 5.41) is 2.84. The molecule has 1 fully saturated rings. The molecule has 58 valence electrons. The van der Waals surface area contributed by atoms with Crippen molar-refractivity contribution in [2.24, 2.45) is 16.8 Å². The third kappa shape index (κ3) is 1.30. The Morgan fingerprint density at radius 2 is 2.36 bits per heavy atom. The summed E-state index contributed by atoms with van der Waals surface area (Å²) in [6, 6.07) is 0. The monoisotopic (exact) mass is 168 g/mol. The lowest BCUT2D eigenvalue weighted by Gasteiger charge is -2.14. The summed E-state index contributed by atoms with van der Waals surface area (Å²) in [4.78, 5) is 15.1. The molecule has 1 N–H and O–H groups in total. The molecule has 0 radical (unpaired) electrons. The molecule has 4 heteroatoms. The van der Waals surface area contributed by atoms with Crippen molar-refractivity contribution >= 4 is 29.5 Å². The molecule has 0 aromatic carbocycles. The predicted molar refractivity (Wildman–Crippen MR) is 45.4 cm³/mol. The Morgan fingerprint density at radius 3 is 2.91 bits per heavy atom. The van der Waals surface area contributed by atoms with Gasteiger partial charge >= 0.3 is 0 Å². The van der Waals surface area contributed by atoms with Crippen molar-refractivity contribution in [2.45, 2.75) is 12.8 Å². The Hall–Kier alpha value is -0.770. The number of aliphatic imine (C=N–C) groups is 1. The van der Waals surface area contributed by atoms with Crippen LogP contribution in [0, 0.1) is 11.8 Å². The van der Waals surface area contributed by atoms with Crippen LogP contribution in [0.4, 0.5) is 0 Å². The molecule has 1 aliphatic carbocycles. The van der Waals surface area contributed by atoms with E-state index >= 15 is 0 Å². The highest BCUT2D eigenvalue weighted by Gasteiger charge is 2.36. The standard InChI is InChI=1S/C7H8N2OS/c10-6-5(4-1-2-4)3-8-7(11)9-6/h3-5H,1-2H2,(H,9,10,11). The maximum Gasteiger partial charge on any atom is 0.234 e. The quantitative estimate of drug-likeness (QED) is 0.579. The molecule has 0 aromatic heterocycles. The van der Waals surface area contributed by atoms with E-state index in [1.54, 1.807) is 6.21 Å². The van der Waals surface area contributed by atoms with Gasteiger partial charge in [0.1, 0.15) is 0 Å². The van der Waals surface area contributed by atoms with Crippen molar-refractivity contribution in [3.05, 3.63) is 0 Å². The van der Waals surface area contributed by atoms with Crippen LogP contribution in [0.15, 0.2) is 4.99 Å². The minimum absolute atomic E-state index is 0.0123. The highest BCUT2D eigenvalue weighted by Crippen LogP contribution is 2.36. The maximum atomic E-state index is 11.2. The molecule has 3 nitrogen and oxygen atoms in total. The fourth-order valence-electron chi connectivity index (χ4n) is 1.23. The molecule has 11 heavy (non-hydrogen) atoms. The molecule has 1 amide bonds. The van der Waals surface area contributed by atoms with Crippen LogP contribution in [0.5, 0.6) is 0 Å². The SMILES string of the molecule is O=C1NC(=S)N=CC1C1CC1. The zero-order chi connectivity index (χ0) is 7.84. The summed E-state index contributed by atoms with van der Waals surface area (Å²) in [6.45, 7) is 0. The van der Waals surface area contributed by atoms with E-state index < -0.39 is 0 Å². The van der Waals surface area contributed by atoms with Gasteiger partial charge in [0.05, 0.1) is 5.92 Å². The fraction of sp³-hybridized carbons (Fsp3) is 0.571. The second-order valence-electron chi connectivity index (χ2n) is 2.94. The van der Waals surface area contributed by atoms with Crippen molar-refractivity contribution in [3.8, 4) is 0 Å². The fourth-order valence-corrected chi connectivity index (χ4v) is 1.39. The summed E-state index contributed by atoms with van der Waals surface area (Å²) < 4.78 is 0. The van der Waals surface area contributed by atoms with Crippen LogP contribution in [0.25, 0.3) is 0 Å². The first-order chi connectivity index (χ1) is 5.27. The number of rotatable bonds is 1. The summed E-state index contributed by atoms with van der Waals surface area (Å²) in [7, 11) is 0. The van der Waals surface area contributed by atoms with Crippen LogP contribution in [0.3, 0.4) is 0 Å². The first-order valence-corrected chi connectivity index (χ1v) is 4.07. The van der Waals surface area contributed by atoms with Gasteiger partial charge in [-0.3, -0.25) is 4.79 Å².